The molecule has 152 valence electrons. The van der Waals surface area contributed by atoms with Crippen LogP contribution in [0.25, 0.3) is 11.0 Å². The molecule has 1 aliphatic rings. The molecule has 1 unspecified atom stereocenters. The van der Waals surface area contributed by atoms with Crippen molar-refractivity contribution in [2.45, 2.75) is 38.6 Å². The van der Waals surface area contributed by atoms with Crippen molar-refractivity contribution in [3.63, 3.8) is 0 Å². The number of fused-ring (bicyclic) bond motifs is 4. The van der Waals surface area contributed by atoms with Crippen molar-refractivity contribution >= 4 is 16.8 Å². The van der Waals surface area contributed by atoms with Crippen LogP contribution < -0.4 is 10.1 Å². The maximum absolute atomic E-state index is 13.2. The molecule has 0 bridgehead atoms. The van der Waals surface area contributed by atoms with Gasteiger partial charge in [-0.05, 0) is 50.1 Å². The number of hydrogen-bond acceptors (Lipinski definition) is 5. The summed E-state index contributed by atoms with van der Waals surface area (Å²) in [6.45, 7) is 7.44. The van der Waals surface area contributed by atoms with Crippen LogP contribution in [0.1, 0.15) is 54.4 Å². The van der Waals surface area contributed by atoms with Gasteiger partial charge in [0, 0.05) is 29.0 Å². The Morgan fingerprint density at radius 2 is 2.00 bits per heavy atom. The molecule has 1 heterocycles. The van der Waals surface area contributed by atoms with Crippen molar-refractivity contribution in [2.75, 3.05) is 19.8 Å². The third-order valence-corrected chi connectivity index (χ3v) is 5.82. The van der Waals surface area contributed by atoms with Crippen LogP contribution in [0, 0.1) is 0 Å². The van der Waals surface area contributed by atoms with Gasteiger partial charge in [-0.2, -0.15) is 0 Å². The lowest BCUT2D eigenvalue weighted by Gasteiger charge is -2.30. The van der Waals surface area contributed by atoms with Gasteiger partial charge in [-0.1, -0.05) is 25.1 Å². The third-order valence-electron chi connectivity index (χ3n) is 5.82. The molecule has 1 atom stereocenters. The van der Waals surface area contributed by atoms with Crippen molar-refractivity contribution < 1.29 is 19.1 Å². The summed E-state index contributed by atoms with van der Waals surface area (Å²) in [5.74, 6) is 1.44. The summed E-state index contributed by atoms with van der Waals surface area (Å²) >= 11 is 0. The molecule has 1 aliphatic carbocycles. The summed E-state index contributed by atoms with van der Waals surface area (Å²) in [5, 5.41) is 13.4. The van der Waals surface area contributed by atoms with Crippen molar-refractivity contribution in [2.24, 2.45) is 0 Å². The van der Waals surface area contributed by atoms with Gasteiger partial charge < -0.3 is 19.6 Å². The first-order valence-electron chi connectivity index (χ1n) is 10.2. The molecule has 0 radical (unpaired) electrons. The number of ether oxygens (including phenoxy) is 1. The summed E-state index contributed by atoms with van der Waals surface area (Å²) in [6.07, 6.45) is 0.867. The highest BCUT2D eigenvalue weighted by molar-refractivity contribution is 6.19. The van der Waals surface area contributed by atoms with Gasteiger partial charge in [-0.15, -0.1) is 0 Å². The monoisotopic (exact) mass is 393 g/mol. The minimum absolute atomic E-state index is 0.00113. The Labute approximate surface area is 170 Å². The Hall–Kier alpha value is -2.63. The van der Waals surface area contributed by atoms with E-state index in [-0.39, 0.29) is 18.4 Å². The van der Waals surface area contributed by atoms with Crippen molar-refractivity contribution in [1.29, 1.82) is 0 Å². The molecule has 0 amide bonds. The van der Waals surface area contributed by atoms with E-state index in [9.17, 15) is 9.90 Å². The van der Waals surface area contributed by atoms with Gasteiger partial charge in [0.15, 0.2) is 5.78 Å². The Kier molecular flexibility index (Phi) is 5.19. The highest BCUT2D eigenvalue weighted by Crippen LogP contribution is 2.46. The summed E-state index contributed by atoms with van der Waals surface area (Å²) < 4.78 is 12.0. The van der Waals surface area contributed by atoms with Crippen LogP contribution in [-0.4, -0.2) is 36.7 Å². The lowest BCUT2D eigenvalue weighted by molar-refractivity contribution is 0.102. The Morgan fingerprint density at radius 3 is 2.76 bits per heavy atom. The zero-order valence-corrected chi connectivity index (χ0v) is 17.1. The second-order valence-corrected chi connectivity index (χ2v) is 8.05. The van der Waals surface area contributed by atoms with Crippen LogP contribution in [-0.2, 0) is 5.41 Å². The van der Waals surface area contributed by atoms with E-state index in [1.165, 1.54) is 0 Å². The first kappa shape index (κ1) is 19.7. The van der Waals surface area contributed by atoms with Crippen molar-refractivity contribution in [1.82, 2.24) is 5.32 Å². The van der Waals surface area contributed by atoms with E-state index in [2.05, 4.69) is 19.2 Å². The van der Waals surface area contributed by atoms with E-state index < -0.39 is 5.41 Å². The van der Waals surface area contributed by atoms with Gasteiger partial charge in [-0.3, -0.25) is 4.79 Å². The molecule has 3 aromatic rings. The van der Waals surface area contributed by atoms with Crippen molar-refractivity contribution in [3.05, 3.63) is 64.9 Å². The number of carbonyl (C=O) groups excluding carboxylic acids is 1. The van der Waals surface area contributed by atoms with Crippen LogP contribution in [0.2, 0.25) is 0 Å². The highest BCUT2D eigenvalue weighted by atomic mass is 16.5. The standard InChI is InChI=1S/C24H27NO4/c1-4-15(14-26)25-11-12-28-16-9-10-17-19(13-16)24(2,3)23-21(22(17)27)18-7-5-6-8-20(18)29-23/h5-10,13,15,25-26H,4,11-12,14H2,1-3H3. The largest absolute Gasteiger partial charge is 0.492 e. The van der Waals surface area contributed by atoms with Crippen LogP contribution >= 0.6 is 0 Å². The lowest BCUT2D eigenvalue weighted by atomic mass is 9.72. The lowest BCUT2D eigenvalue weighted by Crippen LogP contribution is -2.34. The smallest absolute Gasteiger partial charge is 0.197 e. The van der Waals surface area contributed by atoms with Crippen LogP contribution in [0.15, 0.2) is 46.9 Å². The summed E-state index contributed by atoms with van der Waals surface area (Å²) in [6, 6.07) is 13.4. The number of furan rings is 1. The molecule has 29 heavy (non-hydrogen) atoms. The van der Waals surface area contributed by atoms with E-state index in [0.717, 1.165) is 28.7 Å². The van der Waals surface area contributed by atoms with Gasteiger partial charge in [0.2, 0.25) is 0 Å². The molecular formula is C24H27NO4. The fraction of sp³-hybridized carbons (Fsp3) is 0.375. The number of aliphatic hydroxyl groups is 1. The minimum atomic E-state index is -0.445. The first-order chi connectivity index (χ1) is 14.0. The molecule has 2 aromatic carbocycles. The van der Waals surface area contributed by atoms with E-state index >= 15 is 0 Å². The van der Waals surface area contributed by atoms with Crippen LogP contribution in [0.3, 0.4) is 0 Å². The maximum Gasteiger partial charge on any atom is 0.197 e. The maximum atomic E-state index is 13.2. The number of benzene rings is 2. The minimum Gasteiger partial charge on any atom is -0.492 e. The Bertz CT molecular complexity index is 1050. The zero-order valence-electron chi connectivity index (χ0n) is 17.1. The van der Waals surface area contributed by atoms with Crippen LogP contribution in [0.5, 0.6) is 5.75 Å². The molecule has 0 spiro atoms. The molecule has 0 aliphatic heterocycles. The normalized spacial score (nSPS) is 15.8. The number of para-hydroxylation sites is 1. The van der Waals surface area contributed by atoms with Crippen molar-refractivity contribution in [3.8, 4) is 5.75 Å². The SMILES string of the molecule is CCC(CO)NCCOc1ccc2c(c1)C(C)(C)c1oc3ccccc3c1C2=O. The molecular weight excluding hydrogens is 366 g/mol. The summed E-state index contributed by atoms with van der Waals surface area (Å²) in [4.78, 5) is 13.2. The zero-order chi connectivity index (χ0) is 20.6. The number of rotatable bonds is 7. The number of carbonyl (C=O) groups is 1. The van der Waals surface area contributed by atoms with Gasteiger partial charge in [0.05, 0.1) is 12.2 Å². The van der Waals surface area contributed by atoms with E-state index in [0.29, 0.717) is 30.0 Å². The molecule has 2 N–H and O–H groups in total. The molecule has 4 rings (SSSR count). The molecule has 0 fully saturated rings. The molecule has 1 aromatic heterocycles. The second kappa shape index (κ2) is 7.65. The van der Waals surface area contributed by atoms with Gasteiger partial charge in [0.1, 0.15) is 23.7 Å². The van der Waals surface area contributed by atoms with Gasteiger partial charge in [-0.25, -0.2) is 0 Å². The molecule has 5 nitrogen and oxygen atoms in total. The number of hydrogen-bond donors (Lipinski definition) is 2. The number of nitrogens with one attached hydrogen (secondary N) is 1. The van der Waals surface area contributed by atoms with Gasteiger partial charge >= 0.3 is 0 Å². The molecule has 5 heteroatoms. The van der Waals surface area contributed by atoms with E-state index in [4.69, 9.17) is 9.15 Å². The van der Waals surface area contributed by atoms with Crippen LogP contribution in [0.4, 0.5) is 0 Å². The number of aliphatic hydroxyl groups excluding tert-OH is 1. The number of ketones is 1. The summed E-state index contributed by atoms with van der Waals surface area (Å²) in [7, 11) is 0. The topological polar surface area (TPSA) is 71.7 Å². The average Bonchev–Trinajstić information content (AvgIpc) is 3.13. The quantitative estimate of drug-likeness (QED) is 0.593. The Morgan fingerprint density at radius 1 is 1.21 bits per heavy atom. The van der Waals surface area contributed by atoms with E-state index in [1.54, 1.807) is 0 Å². The summed E-state index contributed by atoms with van der Waals surface area (Å²) in [5.41, 5.74) is 2.58. The predicted molar refractivity (Wildman–Crippen MR) is 113 cm³/mol. The fourth-order valence-corrected chi connectivity index (χ4v) is 4.07. The highest BCUT2D eigenvalue weighted by Gasteiger charge is 2.41. The predicted octanol–water partition coefficient (Wildman–Crippen LogP) is 4.04. The van der Waals surface area contributed by atoms with E-state index in [1.807, 2.05) is 49.4 Å². The van der Waals surface area contributed by atoms with Gasteiger partial charge in [0.25, 0.3) is 0 Å². The first-order valence-corrected chi connectivity index (χ1v) is 10.2. The fourth-order valence-electron chi connectivity index (χ4n) is 4.07. The third kappa shape index (κ3) is 3.34. The average molecular weight is 393 g/mol. The second-order valence-electron chi connectivity index (χ2n) is 8.05. The molecule has 0 saturated heterocycles. The Balaban J connectivity index is 1.61. The molecule has 0 saturated carbocycles.